The predicted octanol–water partition coefficient (Wildman–Crippen LogP) is 2.37. The predicted molar refractivity (Wildman–Crippen MR) is 60.4 cm³/mol. The number of benzene rings is 1. The van der Waals surface area contributed by atoms with E-state index in [2.05, 4.69) is 0 Å². The van der Waals surface area contributed by atoms with Crippen LogP contribution in [0.2, 0.25) is 0 Å². The molecule has 0 fully saturated rings. The number of hydrogen-bond acceptors (Lipinski definition) is 3. The molecule has 1 aromatic rings. The van der Waals surface area contributed by atoms with Gasteiger partial charge in [0.1, 0.15) is 11.8 Å². The highest BCUT2D eigenvalue weighted by molar-refractivity contribution is 14.1. The third kappa shape index (κ3) is 2.04. The molecule has 0 spiro atoms. The average Bonchev–Trinajstić information content (AvgIpc) is 2.16. The number of nitrogens with zero attached hydrogens (tertiary/aromatic N) is 1. The van der Waals surface area contributed by atoms with Crippen molar-refractivity contribution in [2.45, 2.75) is 6.92 Å². The van der Waals surface area contributed by atoms with Crippen molar-refractivity contribution in [2.75, 3.05) is 7.11 Å². The summed E-state index contributed by atoms with van der Waals surface area (Å²) in [5.74, 6) is 0.469. The Morgan fingerprint density at radius 3 is 2.64 bits per heavy atom. The number of ether oxygens (including phenoxy) is 1. The van der Waals surface area contributed by atoms with Gasteiger partial charge in [-0.2, -0.15) is 5.26 Å². The zero-order valence-corrected chi connectivity index (χ0v) is 9.95. The molecule has 0 radical (unpaired) electrons. The normalized spacial score (nSPS) is 9.29. The van der Waals surface area contributed by atoms with Crippen LogP contribution in [0.25, 0.3) is 0 Å². The first-order chi connectivity index (χ1) is 6.60. The van der Waals surface area contributed by atoms with Crippen molar-refractivity contribution in [2.24, 2.45) is 0 Å². The van der Waals surface area contributed by atoms with Crippen molar-refractivity contribution in [1.29, 1.82) is 5.26 Å². The molecule has 0 N–H and O–H groups in total. The van der Waals surface area contributed by atoms with Gasteiger partial charge in [-0.05, 0) is 41.6 Å². The Kier molecular flexibility index (Phi) is 3.47. The lowest BCUT2D eigenvalue weighted by atomic mass is 10.1. The van der Waals surface area contributed by atoms with Gasteiger partial charge >= 0.3 is 0 Å². The molecule has 0 aliphatic rings. The van der Waals surface area contributed by atoms with Gasteiger partial charge in [0.25, 0.3) is 0 Å². The first-order valence-electron chi connectivity index (χ1n) is 3.88. The Morgan fingerprint density at radius 1 is 1.57 bits per heavy atom. The molecule has 0 saturated carbocycles. The van der Waals surface area contributed by atoms with Gasteiger partial charge in [0.2, 0.25) is 0 Å². The van der Waals surface area contributed by atoms with Crippen LogP contribution in [0.1, 0.15) is 22.8 Å². The fraction of sp³-hybridized carbons (Fsp3) is 0.200. The maximum Gasteiger partial charge on any atom is 0.161 e. The van der Waals surface area contributed by atoms with Gasteiger partial charge in [-0.15, -0.1) is 0 Å². The number of carbonyl (C=O) groups is 1. The second kappa shape index (κ2) is 4.42. The fourth-order valence-electron chi connectivity index (χ4n) is 1.09. The molecule has 14 heavy (non-hydrogen) atoms. The highest BCUT2D eigenvalue weighted by Gasteiger charge is 2.12. The molecule has 0 aromatic heterocycles. The summed E-state index contributed by atoms with van der Waals surface area (Å²) < 4.78 is 5.75. The third-order valence-corrected chi connectivity index (χ3v) is 2.64. The summed E-state index contributed by atoms with van der Waals surface area (Å²) >= 11 is 2.01. The quantitative estimate of drug-likeness (QED) is 0.622. The van der Waals surface area contributed by atoms with Crippen LogP contribution < -0.4 is 4.74 Å². The summed E-state index contributed by atoms with van der Waals surface area (Å²) in [6.45, 7) is 1.44. The zero-order valence-electron chi connectivity index (χ0n) is 7.80. The third-order valence-electron chi connectivity index (χ3n) is 1.79. The van der Waals surface area contributed by atoms with Gasteiger partial charge in [0.05, 0.1) is 12.7 Å². The van der Waals surface area contributed by atoms with Crippen LogP contribution >= 0.6 is 22.6 Å². The Labute approximate surface area is 95.8 Å². The molecular weight excluding hydrogens is 293 g/mol. The summed E-state index contributed by atoms with van der Waals surface area (Å²) in [5, 5.41) is 8.86. The minimum Gasteiger partial charge on any atom is -0.497 e. The van der Waals surface area contributed by atoms with Crippen LogP contribution in [0.3, 0.4) is 0 Å². The van der Waals surface area contributed by atoms with Gasteiger partial charge in [-0.1, -0.05) is 0 Å². The molecule has 0 bridgehead atoms. The molecule has 0 saturated heterocycles. The minimum absolute atomic E-state index is 0.127. The van der Waals surface area contributed by atoms with Crippen molar-refractivity contribution in [1.82, 2.24) is 0 Å². The van der Waals surface area contributed by atoms with Crippen LogP contribution in [0, 0.1) is 14.9 Å². The van der Waals surface area contributed by atoms with E-state index in [1.54, 1.807) is 12.1 Å². The molecule has 0 heterocycles. The van der Waals surface area contributed by atoms with E-state index in [1.165, 1.54) is 14.0 Å². The lowest BCUT2D eigenvalue weighted by Crippen LogP contribution is -2.00. The van der Waals surface area contributed by atoms with E-state index in [1.807, 2.05) is 28.7 Å². The van der Waals surface area contributed by atoms with E-state index in [4.69, 9.17) is 10.00 Å². The monoisotopic (exact) mass is 301 g/mol. The second-order valence-electron chi connectivity index (χ2n) is 2.70. The minimum atomic E-state index is -0.127. The largest absolute Gasteiger partial charge is 0.497 e. The van der Waals surface area contributed by atoms with Crippen molar-refractivity contribution in [3.8, 4) is 11.8 Å². The molecule has 3 nitrogen and oxygen atoms in total. The molecule has 1 rings (SSSR count). The summed E-state index contributed by atoms with van der Waals surface area (Å²) in [4.78, 5) is 11.2. The van der Waals surface area contributed by atoms with E-state index in [9.17, 15) is 4.79 Å². The highest BCUT2D eigenvalue weighted by Crippen LogP contribution is 2.23. The van der Waals surface area contributed by atoms with Crippen LogP contribution in [-0.4, -0.2) is 12.9 Å². The van der Waals surface area contributed by atoms with E-state index >= 15 is 0 Å². The highest BCUT2D eigenvalue weighted by atomic mass is 127. The molecule has 4 heteroatoms. The van der Waals surface area contributed by atoms with Gasteiger partial charge in [-0.25, -0.2) is 0 Å². The molecule has 72 valence electrons. The molecular formula is C10H8INO2. The van der Waals surface area contributed by atoms with Gasteiger partial charge < -0.3 is 4.74 Å². The van der Waals surface area contributed by atoms with Crippen molar-refractivity contribution >= 4 is 28.4 Å². The van der Waals surface area contributed by atoms with Gasteiger partial charge in [0, 0.05) is 9.13 Å². The van der Waals surface area contributed by atoms with Crippen LogP contribution in [0.5, 0.6) is 5.75 Å². The number of rotatable bonds is 2. The van der Waals surface area contributed by atoms with Crippen molar-refractivity contribution < 1.29 is 9.53 Å². The number of ketones is 1. The Morgan fingerprint density at radius 2 is 2.21 bits per heavy atom. The van der Waals surface area contributed by atoms with Crippen LogP contribution in [0.15, 0.2) is 12.1 Å². The lowest BCUT2D eigenvalue weighted by molar-refractivity contribution is 0.101. The van der Waals surface area contributed by atoms with E-state index in [-0.39, 0.29) is 5.78 Å². The summed E-state index contributed by atoms with van der Waals surface area (Å²) in [7, 11) is 1.53. The maximum atomic E-state index is 11.2. The van der Waals surface area contributed by atoms with E-state index in [0.717, 1.165) is 3.57 Å². The fourth-order valence-corrected chi connectivity index (χ4v) is 1.81. The molecule has 0 aliphatic carbocycles. The van der Waals surface area contributed by atoms with E-state index < -0.39 is 0 Å². The number of hydrogen-bond donors (Lipinski definition) is 0. The lowest BCUT2D eigenvalue weighted by Gasteiger charge is -2.05. The van der Waals surface area contributed by atoms with Crippen LogP contribution in [-0.2, 0) is 0 Å². The first-order valence-corrected chi connectivity index (χ1v) is 4.96. The topological polar surface area (TPSA) is 50.1 Å². The smallest absolute Gasteiger partial charge is 0.161 e. The molecule has 0 unspecified atom stereocenters. The number of methoxy groups -OCH3 is 1. The van der Waals surface area contributed by atoms with Crippen molar-refractivity contribution in [3.05, 3.63) is 26.8 Å². The summed E-state index contributed by atoms with van der Waals surface area (Å²) in [6.07, 6.45) is 0. The van der Waals surface area contributed by atoms with Gasteiger partial charge in [-0.3, -0.25) is 4.79 Å². The molecule has 1 aromatic carbocycles. The first kappa shape index (κ1) is 11.0. The number of carbonyl (C=O) groups excluding carboxylic acids is 1. The number of nitriles is 1. The Bertz CT molecular complexity index is 421. The summed E-state index contributed by atoms with van der Waals surface area (Å²) in [5.41, 5.74) is 0.829. The average molecular weight is 301 g/mol. The standard InChI is InChI=1S/C10H8INO2/c1-6(13)8-3-7(14-2)4-10(11)9(8)5-12/h3-4H,1-2H3. The maximum absolute atomic E-state index is 11.2. The van der Waals surface area contributed by atoms with Gasteiger partial charge in [0.15, 0.2) is 5.78 Å². The molecule has 0 amide bonds. The zero-order chi connectivity index (χ0) is 10.7. The second-order valence-corrected chi connectivity index (χ2v) is 3.86. The molecule has 0 aliphatic heterocycles. The van der Waals surface area contributed by atoms with E-state index in [0.29, 0.717) is 16.9 Å². The SMILES string of the molecule is COc1cc(I)c(C#N)c(C(C)=O)c1. The molecule has 0 atom stereocenters. The number of Topliss-reactive ketones (excluding diaryl/α,β-unsaturated/α-hetero) is 1. The summed E-state index contributed by atoms with van der Waals surface area (Å²) in [6, 6.07) is 5.33. The Balaban J connectivity index is 3.45. The number of halogens is 1. The van der Waals surface area contributed by atoms with Crippen molar-refractivity contribution in [3.63, 3.8) is 0 Å². The Hall–Kier alpha value is -1.09. The van der Waals surface area contributed by atoms with Crippen LogP contribution in [0.4, 0.5) is 0 Å².